The average Bonchev–Trinajstić information content (AvgIpc) is 2.36. The van der Waals surface area contributed by atoms with Gasteiger partial charge in [-0.05, 0) is 0 Å². The lowest BCUT2D eigenvalue weighted by molar-refractivity contribution is -0.340. The molecule has 16 heavy (non-hydrogen) atoms. The molecule has 0 aromatic rings. The highest BCUT2D eigenvalue weighted by molar-refractivity contribution is 4.93. The van der Waals surface area contributed by atoms with Crippen LogP contribution in [0.1, 0.15) is 0 Å². The summed E-state index contributed by atoms with van der Waals surface area (Å²) in [4.78, 5) is 0. The van der Waals surface area contributed by atoms with Crippen molar-refractivity contribution >= 4 is 0 Å². The molecule has 6 nitrogen and oxygen atoms in total. The summed E-state index contributed by atoms with van der Waals surface area (Å²) in [6, 6.07) is 0. The van der Waals surface area contributed by atoms with Gasteiger partial charge in [0.05, 0.1) is 6.61 Å². The quantitative estimate of drug-likeness (QED) is 0.672. The van der Waals surface area contributed by atoms with Crippen LogP contribution >= 0.6 is 0 Å². The normalized spacial score (nSPS) is 44.1. The van der Waals surface area contributed by atoms with Crippen molar-refractivity contribution in [3.63, 3.8) is 0 Å². The van der Waals surface area contributed by atoms with E-state index in [1.165, 1.54) is 0 Å². The van der Waals surface area contributed by atoms with Gasteiger partial charge in [-0.3, -0.25) is 0 Å². The van der Waals surface area contributed by atoms with Crippen molar-refractivity contribution in [2.24, 2.45) is 0 Å². The number of hydrogen-bond donors (Lipinski definition) is 0. The van der Waals surface area contributed by atoms with Gasteiger partial charge in [-0.25, -0.2) is 0 Å². The minimum absolute atomic E-state index is 0.171. The van der Waals surface area contributed by atoms with Crippen LogP contribution in [0.3, 0.4) is 0 Å². The molecule has 0 N–H and O–H groups in total. The van der Waals surface area contributed by atoms with Gasteiger partial charge in [-0.1, -0.05) is 0 Å². The van der Waals surface area contributed by atoms with Crippen molar-refractivity contribution in [1.82, 2.24) is 0 Å². The second-order valence-electron chi connectivity index (χ2n) is 3.80. The average molecular weight is 234 g/mol. The van der Waals surface area contributed by atoms with Crippen LogP contribution in [-0.2, 0) is 28.4 Å². The zero-order valence-electron chi connectivity index (χ0n) is 9.75. The summed E-state index contributed by atoms with van der Waals surface area (Å²) in [5.74, 6) is 0. The zero-order chi connectivity index (χ0) is 11.5. The first-order valence-electron chi connectivity index (χ1n) is 5.25. The SMILES string of the molecule is CO[C@@H]1O[C@@H]2COCO[C@@H]2[C@H](OC)[C@H]1OC. The van der Waals surface area contributed by atoms with Crippen LogP contribution in [0.5, 0.6) is 0 Å². The molecule has 0 amide bonds. The van der Waals surface area contributed by atoms with E-state index in [2.05, 4.69) is 0 Å². The Labute approximate surface area is 94.7 Å². The van der Waals surface area contributed by atoms with Crippen LogP contribution < -0.4 is 0 Å². The summed E-state index contributed by atoms with van der Waals surface area (Å²) in [6.45, 7) is 0.749. The molecule has 0 aliphatic carbocycles. The maximum Gasteiger partial charge on any atom is 0.186 e. The molecule has 2 saturated heterocycles. The van der Waals surface area contributed by atoms with Gasteiger partial charge in [-0.15, -0.1) is 0 Å². The van der Waals surface area contributed by atoms with Crippen LogP contribution in [0.15, 0.2) is 0 Å². The molecular weight excluding hydrogens is 216 g/mol. The molecule has 0 bridgehead atoms. The van der Waals surface area contributed by atoms with Gasteiger partial charge >= 0.3 is 0 Å². The molecule has 2 aliphatic rings. The minimum Gasteiger partial charge on any atom is -0.376 e. The third kappa shape index (κ3) is 2.09. The van der Waals surface area contributed by atoms with Crippen molar-refractivity contribution < 1.29 is 28.4 Å². The van der Waals surface area contributed by atoms with Gasteiger partial charge in [0, 0.05) is 21.3 Å². The Bertz CT molecular complexity index is 217. The van der Waals surface area contributed by atoms with E-state index in [1.807, 2.05) is 0 Å². The van der Waals surface area contributed by atoms with Gasteiger partial charge < -0.3 is 28.4 Å². The number of hydrogen-bond acceptors (Lipinski definition) is 6. The van der Waals surface area contributed by atoms with E-state index in [1.54, 1.807) is 21.3 Å². The Kier molecular flexibility index (Phi) is 4.12. The standard InChI is InChI=1S/C10H18O6/c1-11-8-7-6(4-14-5-15-7)16-10(13-3)9(8)12-2/h6-10H,4-5H2,1-3H3/t6-,7+,8+,9-,10-/m1/s1. The summed E-state index contributed by atoms with van der Waals surface area (Å²) in [7, 11) is 4.81. The second-order valence-corrected chi connectivity index (χ2v) is 3.80. The number of methoxy groups -OCH3 is 3. The molecule has 0 aromatic carbocycles. The second kappa shape index (κ2) is 5.39. The number of fused-ring (bicyclic) bond motifs is 1. The van der Waals surface area contributed by atoms with E-state index in [0.29, 0.717) is 6.61 Å². The monoisotopic (exact) mass is 234 g/mol. The Morgan fingerprint density at radius 2 is 1.75 bits per heavy atom. The highest BCUT2D eigenvalue weighted by Gasteiger charge is 2.48. The fourth-order valence-corrected chi connectivity index (χ4v) is 2.21. The van der Waals surface area contributed by atoms with E-state index >= 15 is 0 Å². The molecule has 6 heteroatoms. The predicted octanol–water partition coefficient (Wildman–Crippen LogP) is -0.239. The maximum absolute atomic E-state index is 5.70. The lowest BCUT2D eigenvalue weighted by Gasteiger charge is -2.46. The van der Waals surface area contributed by atoms with E-state index < -0.39 is 6.29 Å². The summed E-state index contributed by atoms with van der Waals surface area (Å²) >= 11 is 0. The van der Waals surface area contributed by atoms with Crippen molar-refractivity contribution in [2.45, 2.75) is 30.7 Å². The molecule has 0 aromatic heterocycles. The first-order chi connectivity index (χ1) is 7.81. The van der Waals surface area contributed by atoms with Gasteiger partial charge in [-0.2, -0.15) is 0 Å². The minimum atomic E-state index is -0.457. The molecule has 0 unspecified atom stereocenters. The van der Waals surface area contributed by atoms with Gasteiger partial charge in [0.2, 0.25) is 0 Å². The molecular formula is C10H18O6. The van der Waals surface area contributed by atoms with Gasteiger partial charge in [0.15, 0.2) is 6.29 Å². The van der Waals surface area contributed by atoms with Gasteiger partial charge in [0.25, 0.3) is 0 Å². The number of rotatable bonds is 3. The topological polar surface area (TPSA) is 55.4 Å². The highest BCUT2D eigenvalue weighted by atomic mass is 16.7. The van der Waals surface area contributed by atoms with Gasteiger partial charge in [0.1, 0.15) is 31.2 Å². The molecule has 5 atom stereocenters. The smallest absolute Gasteiger partial charge is 0.186 e. The van der Waals surface area contributed by atoms with E-state index in [-0.39, 0.29) is 31.2 Å². The molecule has 2 rings (SSSR count). The number of ether oxygens (including phenoxy) is 6. The summed E-state index contributed by atoms with van der Waals surface area (Å²) in [5.41, 5.74) is 0. The Hall–Kier alpha value is -0.240. The van der Waals surface area contributed by atoms with Crippen molar-refractivity contribution in [3.05, 3.63) is 0 Å². The summed E-state index contributed by atoms with van der Waals surface area (Å²) in [5, 5.41) is 0. The van der Waals surface area contributed by atoms with Crippen molar-refractivity contribution in [1.29, 1.82) is 0 Å². The molecule has 0 radical (unpaired) electrons. The van der Waals surface area contributed by atoms with Crippen LogP contribution in [0.4, 0.5) is 0 Å². The van der Waals surface area contributed by atoms with Crippen molar-refractivity contribution in [2.75, 3.05) is 34.7 Å². The van der Waals surface area contributed by atoms with Crippen LogP contribution in [0.2, 0.25) is 0 Å². The summed E-state index contributed by atoms with van der Waals surface area (Å²) in [6.07, 6.45) is -1.31. The predicted molar refractivity (Wildman–Crippen MR) is 53.0 cm³/mol. The molecule has 0 spiro atoms. The van der Waals surface area contributed by atoms with E-state index in [4.69, 9.17) is 28.4 Å². The Balaban J connectivity index is 2.13. The lowest BCUT2D eigenvalue weighted by atomic mass is 9.98. The first-order valence-corrected chi connectivity index (χ1v) is 5.25. The maximum atomic E-state index is 5.70. The van der Waals surface area contributed by atoms with E-state index in [9.17, 15) is 0 Å². The first kappa shape index (κ1) is 12.2. The fraction of sp³-hybridized carbons (Fsp3) is 1.00. The third-order valence-corrected chi connectivity index (χ3v) is 2.99. The highest BCUT2D eigenvalue weighted by Crippen LogP contribution is 2.29. The van der Waals surface area contributed by atoms with Crippen LogP contribution in [0, 0.1) is 0 Å². The molecule has 2 fully saturated rings. The molecule has 0 saturated carbocycles. The molecule has 2 heterocycles. The third-order valence-electron chi connectivity index (χ3n) is 2.99. The molecule has 94 valence electrons. The fourth-order valence-electron chi connectivity index (χ4n) is 2.21. The molecule has 2 aliphatic heterocycles. The Morgan fingerprint density at radius 3 is 2.38 bits per heavy atom. The lowest BCUT2D eigenvalue weighted by Crippen LogP contribution is -2.62. The zero-order valence-corrected chi connectivity index (χ0v) is 9.75. The van der Waals surface area contributed by atoms with Crippen LogP contribution in [-0.4, -0.2) is 65.4 Å². The largest absolute Gasteiger partial charge is 0.376 e. The van der Waals surface area contributed by atoms with E-state index in [0.717, 1.165) is 0 Å². The van der Waals surface area contributed by atoms with Crippen LogP contribution in [0.25, 0.3) is 0 Å². The van der Waals surface area contributed by atoms with Crippen molar-refractivity contribution in [3.8, 4) is 0 Å². The Morgan fingerprint density at radius 1 is 1.00 bits per heavy atom. The summed E-state index contributed by atoms with van der Waals surface area (Å²) < 4.78 is 32.4.